The van der Waals surface area contributed by atoms with E-state index in [2.05, 4.69) is 15.3 Å². The molecule has 1 atom stereocenters. The Hall–Kier alpha value is -2.48. The summed E-state index contributed by atoms with van der Waals surface area (Å²) in [7, 11) is -3.48. The topological polar surface area (TPSA) is 75.2 Å². The second kappa shape index (κ2) is 8.71. The summed E-state index contributed by atoms with van der Waals surface area (Å²) in [6.07, 6.45) is 5.03. The summed E-state index contributed by atoms with van der Waals surface area (Å²) >= 11 is 6.01. The molecule has 0 bridgehead atoms. The number of aromatic nitrogens is 2. The fourth-order valence-corrected chi connectivity index (χ4v) is 5.71. The summed E-state index contributed by atoms with van der Waals surface area (Å²) in [5.74, 6) is 0.710. The van der Waals surface area contributed by atoms with Gasteiger partial charge in [0.25, 0.3) is 0 Å². The highest BCUT2D eigenvalue weighted by Gasteiger charge is 2.35. The van der Waals surface area contributed by atoms with Gasteiger partial charge in [0.05, 0.1) is 29.4 Å². The van der Waals surface area contributed by atoms with Crippen molar-refractivity contribution in [3.05, 3.63) is 82.8 Å². The lowest BCUT2D eigenvalue weighted by Gasteiger charge is -2.24. The minimum atomic E-state index is -3.48. The van der Waals surface area contributed by atoms with Crippen molar-refractivity contribution in [2.75, 3.05) is 11.9 Å². The maximum Gasteiger partial charge on any atom is 0.218 e. The third kappa shape index (κ3) is 4.64. The molecule has 1 N–H and O–H groups in total. The van der Waals surface area contributed by atoms with Crippen molar-refractivity contribution >= 4 is 33.1 Å². The van der Waals surface area contributed by atoms with Crippen LogP contribution in [0.15, 0.2) is 60.9 Å². The molecule has 30 heavy (non-hydrogen) atoms. The number of hydrogen-bond acceptors (Lipinski definition) is 5. The van der Waals surface area contributed by atoms with Crippen molar-refractivity contribution in [1.82, 2.24) is 14.3 Å². The highest BCUT2D eigenvalue weighted by Crippen LogP contribution is 2.35. The Bertz CT molecular complexity index is 1140. The molecule has 156 valence electrons. The average molecular weight is 443 g/mol. The molecule has 2 aromatic heterocycles. The van der Waals surface area contributed by atoms with Crippen molar-refractivity contribution in [1.29, 1.82) is 0 Å². The van der Waals surface area contributed by atoms with Crippen LogP contribution in [0.25, 0.3) is 0 Å². The molecule has 0 amide bonds. The maximum atomic E-state index is 13.1. The molecule has 8 heteroatoms. The summed E-state index contributed by atoms with van der Waals surface area (Å²) in [4.78, 5) is 8.88. The Morgan fingerprint density at radius 3 is 2.77 bits per heavy atom. The van der Waals surface area contributed by atoms with Crippen molar-refractivity contribution in [2.45, 2.75) is 31.6 Å². The molecule has 0 spiro atoms. The number of aryl methyl sites for hydroxylation is 1. The lowest BCUT2D eigenvalue weighted by molar-refractivity contribution is 0.390. The van der Waals surface area contributed by atoms with Crippen LogP contribution in [0.3, 0.4) is 0 Å². The number of sulfonamides is 1. The predicted molar refractivity (Wildman–Crippen MR) is 119 cm³/mol. The smallest absolute Gasteiger partial charge is 0.218 e. The van der Waals surface area contributed by atoms with Crippen LogP contribution < -0.4 is 5.32 Å². The molecule has 1 saturated heterocycles. The van der Waals surface area contributed by atoms with E-state index in [4.69, 9.17) is 11.6 Å². The van der Waals surface area contributed by atoms with Crippen molar-refractivity contribution in [3.8, 4) is 0 Å². The highest BCUT2D eigenvalue weighted by atomic mass is 35.5. The van der Waals surface area contributed by atoms with Crippen LogP contribution in [0.5, 0.6) is 0 Å². The lowest BCUT2D eigenvalue weighted by Crippen LogP contribution is -2.32. The van der Waals surface area contributed by atoms with Crippen LogP contribution in [-0.2, 0) is 15.8 Å². The first-order valence-corrected chi connectivity index (χ1v) is 11.8. The SMILES string of the molecule is Cc1cccnc1Nc1ccc(C2CCCN2S(=O)(=O)Cc2cccc(Cl)c2)nc1. The number of nitrogens with one attached hydrogen (secondary N) is 1. The Balaban J connectivity index is 1.51. The van der Waals surface area contributed by atoms with E-state index in [0.717, 1.165) is 35.6 Å². The van der Waals surface area contributed by atoms with Crippen molar-refractivity contribution < 1.29 is 8.42 Å². The molecule has 0 radical (unpaired) electrons. The van der Waals surface area contributed by atoms with Crippen molar-refractivity contribution in [2.24, 2.45) is 0 Å². The zero-order chi connectivity index (χ0) is 21.1. The largest absolute Gasteiger partial charge is 0.339 e. The number of nitrogens with zero attached hydrogens (tertiary/aromatic N) is 3. The van der Waals surface area contributed by atoms with E-state index in [0.29, 0.717) is 17.1 Å². The molecule has 4 rings (SSSR count). The van der Waals surface area contributed by atoms with E-state index in [1.54, 1.807) is 41.0 Å². The summed E-state index contributed by atoms with van der Waals surface area (Å²) in [5, 5.41) is 3.79. The van der Waals surface area contributed by atoms with Gasteiger partial charge >= 0.3 is 0 Å². The number of pyridine rings is 2. The van der Waals surface area contributed by atoms with Gasteiger partial charge in [-0.15, -0.1) is 0 Å². The quantitative estimate of drug-likeness (QED) is 0.590. The van der Waals surface area contributed by atoms with E-state index < -0.39 is 10.0 Å². The second-order valence-electron chi connectivity index (χ2n) is 7.42. The van der Waals surface area contributed by atoms with E-state index in [-0.39, 0.29) is 11.8 Å². The minimum Gasteiger partial charge on any atom is -0.339 e. The van der Waals surface area contributed by atoms with Gasteiger partial charge in [0.15, 0.2) is 0 Å². The second-order valence-corrected chi connectivity index (χ2v) is 9.78. The van der Waals surface area contributed by atoms with Gasteiger partial charge < -0.3 is 5.32 Å². The van der Waals surface area contributed by atoms with E-state index in [1.165, 1.54) is 0 Å². The molecule has 3 aromatic rings. The maximum absolute atomic E-state index is 13.1. The average Bonchev–Trinajstić information content (AvgIpc) is 3.21. The summed E-state index contributed by atoms with van der Waals surface area (Å²) in [6.45, 7) is 2.49. The minimum absolute atomic E-state index is 0.0668. The van der Waals surface area contributed by atoms with Gasteiger partial charge in [0, 0.05) is 17.8 Å². The van der Waals surface area contributed by atoms with Gasteiger partial charge in [0.2, 0.25) is 10.0 Å². The summed E-state index contributed by atoms with van der Waals surface area (Å²) in [5.41, 5.74) is 3.29. The van der Waals surface area contributed by atoms with Crippen LogP contribution in [0.2, 0.25) is 5.02 Å². The first kappa shape index (κ1) is 20.8. The molecule has 0 saturated carbocycles. The molecule has 0 aliphatic carbocycles. The van der Waals surface area contributed by atoms with Crippen LogP contribution >= 0.6 is 11.6 Å². The van der Waals surface area contributed by atoms with Gasteiger partial charge in [0.1, 0.15) is 5.82 Å². The Kier molecular flexibility index (Phi) is 6.04. The summed E-state index contributed by atoms with van der Waals surface area (Å²) < 4.78 is 27.7. The third-order valence-corrected chi connectivity index (χ3v) is 7.28. The molecule has 1 unspecified atom stereocenters. The van der Waals surface area contributed by atoms with Crippen LogP contribution in [0, 0.1) is 6.92 Å². The zero-order valence-electron chi connectivity index (χ0n) is 16.6. The standard InChI is InChI=1S/C22H23ClN4O2S/c1-16-5-3-11-24-22(16)26-19-9-10-20(25-14-19)21-8-4-12-27(21)30(28,29)15-17-6-2-7-18(23)13-17/h2-3,5-7,9-11,13-14,21H,4,8,12,15H2,1H3,(H,24,26). The van der Waals surface area contributed by atoms with Crippen LogP contribution in [0.4, 0.5) is 11.5 Å². The van der Waals surface area contributed by atoms with E-state index in [1.807, 2.05) is 31.2 Å². The third-order valence-electron chi connectivity index (χ3n) is 5.20. The number of anilines is 2. The van der Waals surface area contributed by atoms with Gasteiger partial charge in [-0.05, 0) is 61.2 Å². The molecule has 1 aliphatic heterocycles. The fourth-order valence-electron chi connectivity index (χ4n) is 3.72. The van der Waals surface area contributed by atoms with Gasteiger partial charge in [-0.25, -0.2) is 13.4 Å². The fraction of sp³-hybridized carbons (Fsp3) is 0.273. The van der Waals surface area contributed by atoms with Gasteiger partial charge in [-0.2, -0.15) is 4.31 Å². The van der Waals surface area contributed by atoms with Crippen molar-refractivity contribution in [3.63, 3.8) is 0 Å². The Morgan fingerprint density at radius 2 is 2.03 bits per heavy atom. The predicted octanol–water partition coefficient (Wildman–Crippen LogP) is 4.85. The molecule has 3 heterocycles. The highest BCUT2D eigenvalue weighted by molar-refractivity contribution is 7.88. The summed E-state index contributed by atoms with van der Waals surface area (Å²) in [6, 6.07) is 14.4. The number of rotatable bonds is 6. The number of benzene rings is 1. The van der Waals surface area contributed by atoms with Crippen LogP contribution in [0.1, 0.15) is 35.7 Å². The molecular weight excluding hydrogens is 420 g/mol. The van der Waals surface area contributed by atoms with Gasteiger partial charge in [-0.1, -0.05) is 29.8 Å². The van der Waals surface area contributed by atoms with Crippen LogP contribution in [-0.4, -0.2) is 29.2 Å². The number of halogens is 1. The Morgan fingerprint density at radius 1 is 1.17 bits per heavy atom. The van der Waals surface area contributed by atoms with E-state index in [9.17, 15) is 8.42 Å². The molecule has 1 aromatic carbocycles. The molecular formula is C22H23ClN4O2S. The normalized spacial score (nSPS) is 17.2. The molecule has 1 aliphatic rings. The van der Waals surface area contributed by atoms with Gasteiger partial charge in [-0.3, -0.25) is 4.98 Å². The first-order chi connectivity index (χ1) is 14.4. The zero-order valence-corrected chi connectivity index (χ0v) is 18.2. The lowest BCUT2D eigenvalue weighted by atomic mass is 10.1. The monoisotopic (exact) mass is 442 g/mol. The molecule has 6 nitrogen and oxygen atoms in total. The first-order valence-electron chi connectivity index (χ1n) is 9.81. The van der Waals surface area contributed by atoms with E-state index >= 15 is 0 Å². The number of hydrogen-bond donors (Lipinski definition) is 1. The molecule has 1 fully saturated rings. The Labute approximate surface area is 182 Å².